The van der Waals surface area contributed by atoms with E-state index in [0.717, 1.165) is 61.3 Å². The highest BCUT2D eigenvalue weighted by atomic mass is 16.7. The minimum Gasteiger partial charge on any atom is -0.380 e. The molecule has 0 bridgehead atoms. The maximum atomic E-state index is 12.5. The summed E-state index contributed by atoms with van der Waals surface area (Å²) in [5.74, 6) is 0. The molecule has 2 saturated heterocycles. The molecule has 0 amide bonds. The molecule has 0 atom stereocenters. The fraction of sp³-hybridized carbons (Fsp3) is 0.409. The molecule has 2 aromatic heterocycles. The first-order valence-electron chi connectivity index (χ1n) is 10.2. The highest BCUT2D eigenvalue weighted by Gasteiger charge is 2.49. The predicted molar refractivity (Wildman–Crippen MR) is 112 cm³/mol. The van der Waals surface area contributed by atoms with Gasteiger partial charge in [-0.2, -0.15) is 0 Å². The second-order valence-electron chi connectivity index (χ2n) is 8.73. The molecule has 7 heteroatoms. The second kappa shape index (κ2) is 6.11. The van der Waals surface area contributed by atoms with Gasteiger partial charge in [0.2, 0.25) is 0 Å². The number of H-pyrrole nitrogens is 1. The lowest BCUT2D eigenvalue weighted by molar-refractivity contribution is -0.127. The van der Waals surface area contributed by atoms with Crippen molar-refractivity contribution in [3.63, 3.8) is 0 Å². The monoisotopic (exact) mass is 392 g/mol. The van der Waals surface area contributed by atoms with Crippen LogP contribution in [0, 0.1) is 5.41 Å². The van der Waals surface area contributed by atoms with Gasteiger partial charge in [-0.3, -0.25) is 15.1 Å². The van der Waals surface area contributed by atoms with Gasteiger partial charge in [0.25, 0.3) is 5.56 Å². The Labute approximate surface area is 168 Å². The molecule has 1 spiro atoms. The fourth-order valence-electron chi connectivity index (χ4n) is 4.42. The molecule has 3 aromatic rings. The maximum absolute atomic E-state index is 12.5. The standard InChI is InChI=1S/C22H24N4O3/c1-25-9-18(16-6-7-23-20(16)21(25)27)17-8-14(24-29-15-3-4-15)2-5-19(17)26-10-22(11-26)12-28-13-22/h2,5-9,15,23-24H,3-4,10-13H2,1H3. The van der Waals surface area contributed by atoms with E-state index in [1.807, 2.05) is 18.5 Å². The number of pyridine rings is 1. The van der Waals surface area contributed by atoms with Crippen LogP contribution >= 0.6 is 0 Å². The number of aryl methyl sites for hydroxylation is 1. The van der Waals surface area contributed by atoms with E-state index in [1.165, 1.54) is 5.69 Å². The van der Waals surface area contributed by atoms with Crippen LogP contribution in [0.25, 0.3) is 22.0 Å². The van der Waals surface area contributed by atoms with Gasteiger partial charge in [0.05, 0.1) is 30.4 Å². The van der Waals surface area contributed by atoms with E-state index < -0.39 is 0 Å². The third-order valence-corrected chi connectivity index (χ3v) is 6.26. The van der Waals surface area contributed by atoms with Crippen molar-refractivity contribution in [1.29, 1.82) is 0 Å². The van der Waals surface area contributed by atoms with E-state index in [1.54, 1.807) is 11.6 Å². The number of nitrogens with zero attached hydrogens (tertiary/aromatic N) is 2. The Morgan fingerprint density at radius 3 is 2.76 bits per heavy atom. The molecule has 1 aromatic carbocycles. The number of rotatable bonds is 5. The van der Waals surface area contributed by atoms with E-state index in [-0.39, 0.29) is 5.56 Å². The minimum absolute atomic E-state index is 0.0174. The SMILES string of the molecule is Cn1cc(-c2cc(NOC3CC3)ccc2N2CC3(COC3)C2)c2cc[nH]c2c1=O. The lowest BCUT2D eigenvalue weighted by Gasteiger charge is -2.56. The summed E-state index contributed by atoms with van der Waals surface area (Å²) in [5, 5.41) is 0.942. The van der Waals surface area contributed by atoms with Gasteiger partial charge in [-0.25, -0.2) is 0 Å². The molecular formula is C22H24N4O3. The summed E-state index contributed by atoms with van der Waals surface area (Å²) in [4.78, 5) is 23.7. The first-order valence-corrected chi connectivity index (χ1v) is 10.2. The number of benzene rings is 1. The van der Waals surface area contributed by atoms with Crippen molar-refractivity contribution < 1.29 is 9.57 Å². The molecule has 0 radical (unpaired) electrons. The highest BCUT2D eigenvalue weighted by molar-refractivity contribution is 5.98. The molecule has 2 N–H and O–H groups in total. The zero-order valence-electron chi connectivity index (χ0n) is 16.4. The smallest absolute Gasteiger partial charge is 0.274 e. The Balaban J connectivity index is 1.45. The van der Waals surface area contributed by atoms with Gasteiger partial charge < -0.3 is 19.2 Å². The molecule has 3 aliphatic rings. The van der Waals surface area contributed by atoms with Gasteiger partial charge in [0.1, 0.15) is 5.52 Å². The molecule has 0 unspecified atom stereocenters. The largest absolute Gasteiger partial charge is 0.380 e. The summed E-state index contributed by atoms with van der Waals surface area (Å²) in [6.07, 6.45) is 6.31. The van der Waals surface area contributed by atoms with Gasteiger partial charge >= 0.3 is 0 Å². The predicted octanol–water partition coefficient (Wildman–Crippen LogP) is 2.88. The first kappa shape index (κ1) is 17.1. The normalized spacial score (nSPS) is 20.0. The van der Waals surface area contributed by atoms with Gasteiger partial charge in [0.15, 0.2) is 0 Å². The van der Waals surface area contributed by atoms with Crippen molar-refractivity contribution >= 4 is 22.3 Å². The molecular weight excluding hydrogens is 368 g/mol. The highest BCUT2D eigenvalue weighted by Crippen LogP contribution is 2.45. The van der Waals surface area contributed by atoms with E-state index in [2.05, 4.69) is 33.6 Å². The van der Waals surface area contributed by atoms with Gasteiger partial charge in [-0.15, -0.1) is 0 Å². The van der Waals surface area contributed by atoms with Crippen LogP contribution < -0.4 is 15.9 Å². The molecule has 4 heterocycles. The molecule has 29 heavy (non-hydrogen) atoms. The molecule has 6 rings (SSSR count). The Morgan fingerprint density at radius 2 is 2.03 bits per heavy atom. The molecule has 7 nitrogen and oxygen atoms in total. The number of fused-ring (bicyclic) bond motifs is 1. The summed E-state index contributed by atoms with van der Waals surface area (Å²) in [5.41, 5.74) is 8.31. The summed E-state index contributed by atoms with van der Waals surface area (Å²) >= 11 is 0. The van der Waals surface area contributed by atoms with Crippen molar-refractivity contribution in [3.05, 3.63) is 47.0 Å². The maximum Gasteiger partial charge on any atom is 0.274 e. The summed E-state index contributed by atoms with van der Waals surface area (Å²) < 4.78 is 7.09. The van der Waals surface area contributed by atoms with Crippen LogP contribution in [0.3, 0.4) is 0 Å². The number of aromatic amines is 1. The minimum atomic E-state index is -0.0174. The van der Waals surface area contributed by atoms with Crippen LogP contribution in [0.15, 0.2) is 41.5 Å². The summed E-state index contributed by atoms with van der Waals surface area (Å²) in [6.45, 7) is 3.73. The Morgan fingerprint density at radius 1 is 1.21 bits per heavy atom. The summed E-state index contributed by atoms with van der Waals surface area (Å²) in [6, 6.07) is 8.34. The van der Waals surface area contributed by atoms with Crippen LogP contribution in [-0.4, -0.2) is 42.0 Å². The average molecular weight is 392 g/mol. The molecule has 1 saturated carbocycles. The zero-order valence-corrected chi connectivity index (χ0v) is 16.4. The Hall–Kier alpha value is -2.77. The number of anilines is 2. The number of hydrogen-bond acceptors (Lipinski definition) is 5. The van der Waals surface area contributed by atoms with Gasteiger partial charge in [0, 0.05) is 54.7 Å². The molecule has 3 fully saturated rings. The number of hydrogen-bond donors (Lipinski definition) is 2. The molecule has 150 valence electrons. The van der Waals surface area contributed by atoms with Crippen LogP contribution in [0.1, 0.15) is 12.8 Å². The average Bonchev–Trinajstić information content (AvgIpc) is 3.35. The third kappa shape index (κ3) is 2.76. The lowest BCUT2D eigenvalue weighted by atomic mass is 9.77. The fourth-order valence-corrected chi connectivity index (χ4v) is 4.42. The third-order valence-electron chi connectivity index (χ3n) is 6.26. The zero-order chi connectivity index (χ0) is 19.6. The van der Waals surface area contributed by atoms with Crippen LogP contribution in [0.4, 0.5) is 11.4 Å². The van der Waals surface area contributed by atoms with E-state index in [0.29, 0.717) is 17.0 Å². The van der Waals surface area contributed by atoms with Crippen molar-refractivity contribution in [1.82, 2.24) is 9.55 Å². The Bertz CT molecular complexity index is 1150. The number of aromatic nitrogens is 2. The molecule has 2 aliphatic heterocycles. The van der Waals surface area contributed by atoms with Crippen molar-refractivity contribution in [3.8, 4) is 11.1 Å². The van der Waals surface area contributed by atoms with E-state index in [4.69, 9.17) is 9.57 Å². The van der Waals surface area contributed by atoms with E-state index >= 15 is 0 Å². The van der Waals surface area contributed by atoms with Gasteiger partial charge in [-0.05, 0) is 37.1 Å². The molecule has 1 aliphatic carbocycles. The van der Waals surface area contributed by atoms with Gasteiger partial charge in [-0.1, -0.05) is 0 Å². The van der Waals surface area contributed by atoms with Crippen LogP contribution in [0.5, 0.6) is 0 Å². The Kier molecular flexibility index (Phi) is 3.61. The lowest BCUT2D eigenvalue weighted by Crippen LogP contribution is -2.66. The van der Waals surface area contributed by atoms with Crippen LogP contribution in [0.2, 0.25) is 0 Å². The van der Waals surface area contributed by atoms with Crippen LogP contribution in [-0.2, 0) is 16.6 Å². The topological polar surface area (TPSA) is 71.5 Å². The van der Waals surface area contributed by atoms with E-state index in [9.17, 15) is 4.79 Å². The quantitative estimate of drug-likeness (QED) is 0.654. The van der Waals surface area contributed by atoms with Crippen molar-refractivity contribution in [2.45, 2.75) is 18.9 Å². The number of ether oxygens (including phenoxy) is 1. The number of nitrogens with one attached hydrogen (secondary N) is 2. The first-order chi connectivity index (χ1) is 14.1. The van der Waals surface area contributed by atoms with Crippen molar-refractivity contribution in [2.24, 2.45) is 12.5 Å². The van der Waals surface area contributed by atoms with Crippen molar-refractivity contribution in [2.75, 3.05) is 36.7 Å². The second-order valence-corrected chi connectivity index (χ2v) is 8.73. The summed E-state index contributed by atoms with van der Waals surface area (Å²) in [7, 11) is 1.80.